The van der Waals surface area contributed by atoms with Crippen LogP contribution < -0.4 is 14.8 Å². The topological polar surface area (TPSA) is 106 Å². The molecule has 0 bridgehead atoms. The lowest BCUT2D eigenvalue weighted by Crippen LogP contribution is -2.48. The highest BCUT2D eigenvalue weighted by molar-refractivity contribution is 6.42. The zero-order valence-corrected chi connectivity index (χ0v) is 23.6. The number of ether oxygens (including phenoxy) is 2. The van der Waals surface area contributed by atoms with E-state index in [2.05, 4.69) is 21.4 Å². The van der Waals surface area contributed by atoms with Crippen molar-refractivity contribution < 1.29 is 28.6 Å². The summed E-state index contributed by atoms with van der Waals surface area (Å²) in [5.74, 6) is -1.99. The van der Waals surface area contributed by atoms with E-state index in [0.29, 0.717) is 6.54 Å². The van der Waals surface area contributed by atoms with E-state index < -0.39 is 29.7 Å². The minimum Gasteiger partial charge on any atom is -0.486 e. The fourth-order valence-corrected chi connectivity index (χ4v) is 5.80. The SMILES string of the molecule is Cc1nn(C)c2ccc(-c3ccc(C(=O)C(=O)NC(CN4CCCC4)C(O)c4cc(F)c5c(c4)OCCO5)cc3)cc12. The summed E-state index contributed by atoms with van der Waals surface area (Å²) in [6, 6.07) is 14.8. The number of nitrogens with one attached hydrogen (secondary N) is 1. The number of nitrogens with zero attached hydrogens (tertiary/aromatic N) is 3. The Bertz CT molecular complexity index is 1650. The first-order valence-corrected chi connectivity index (χ1v) is 14.2. The van der Waals surface area contributed by atoms with Crippen LogP contribution in [-0.2, 0) is 11.8 Å². The van der Waals surface area contributed by atoms with Crippen LogP contribution in [-0.4, -0.2) is 70.4 Å². The van der Waals surface area contributed by atoms with E-state index in [1.54, 1.807) is 12.1 Å². The van der Waals surface area contributed by atoms with E-state index >= 15 is 0 Å². The number of amides is 1. The van der Waals surface area contributed by atoms with Crippen molar-refractivity contribution >= 4 is 22.6 Å². The number of aliphatic hydroxyl groups is 1. The van der Waals surface area contributed by atoms with Crippen molar-refractivity contribution in [2.24, 2.45) is 7.05 Å². The molecule has 0 aliphatic carbocycles. The summed E-state index contributed by atoms with van der Waals surface area (Å²) in [7, 11) is 1.91. The number of aromatic nitrogens is 2. The number of Topliss-reactive ketones (excluding diaryl/α,β-unsaturated/α-hetero) is 1. The fourth-order valence-electron chi connectivity index (χ4n) is 5.80. The van der Waals surface area contributed by atoms with Gasteiger partial charge < -0.3 is 24.8 Å². The lowest BCUT2D eigenvalue weighted by Gasteiger charge is -2.29. The molecule has 10 heteroatoms. The first-order chi connectivity index (χ1) is 20.3. The number of aliphatic hydroxyl groups excluding tert-OH is 1. The lowest BCUT2D eigenvalue weighted by molar-refractivity contribution is -0.118. The molecule has 3 aromatic carbocycles. The monoisotopic (exact) mass is 572 g/mol. The third kappa shape index (κ3) is 5.47. The number of aryl methyl sites for hydroxylation is 2. The molecule has 4 aromatic rings. The first kappa shape index (κ1) is 27.9. The molecule has 1 fully saturated rings. The Morgan fingerprint density at radius 3 is 2.50 bits per heavy atom. The Hall–Kier alpha value is -4.28. The van der Waals surface area contributed by atoms with Crippen LogP contribution in [0.4, 0.5) is 4.39 Å². The molecule has 1 aromatic heterocycles. The molecule has 0 radical (unpaired) electrons. The van der Waals surface area contributed by atoms with Crippen molar-refractivity contribution in [3.63, 3.8) is 0 Å². The van der Waals surface area contributed by atoms with Gasteiger partial charge in [0.15, 0.2) is 17.3 Å². The maximum absolute atomic E-state index is 14.8. The standard InChI is InChI=1S/C32H33FN4O5/c1-19-24-15-22(9-10-27(24)36(2)35-19)20-5-7-21(8-6-20)30(39)32(40)34-26(18-37-11-3-4-12-37)29(38)23-16-25(33)31-28(17-23)41-13-14-42-31/h5-10,15-17,26,29,38H,3-4,11-14,18H2,1-2H3,(H,34,40). The second kappa shape index (κ2) is 11.5. The van der Waals surface area contributed by atoms with Crippen LogP contribution in [0.1, 0.15) is 40.6 Å². The molecule has 3 heterocycles. The van der Waals surface area contributed by atoms with Crippen LogP contribution in [0.15, 0.2) is 54.6 Å². The maximum Gasteiger partial charge on any atom is 0.292 e. The zero-order valence-electron chi connectivity index (χ0n) is 23.6. The molecule has 0 saturated carbocycles. The highest BCUT2D eigenvalue weighted by Crippen LogP contribution is 2.36. The van der Waals surface area contributed by atoms with E-state index in [1.165, 1.54) is 12.1 Å². The van der Waals surface area contributed by atoms with Gasteiger partial charge >= 0.3 is 0 Å². The molecule has 1 amide bonds. The second-order valence-electron chi connectivity index (χ2n) is 10.9. The van der Waals surface area contributed by atoms with Crippen molar-refractivity contribution in [2.45, 2.75) is 31.9 Å². The summed E-state index contributed by atoms with van der Waals surface area (Å²) in [6.45, 7) is 4.41. The van der Waals surface area contributed by atoms with Crippen LogP contribution in [0.2, 0.25) is 0 Å². The van der Waals surface area contributed by atoms with Crippen molar-refractivity contribution in [3.8, 4) is 22.6 Å². The normalized spacial score (nSPS) is 16.4. The predicted molar refractivity (Wildman–Crippen MR) is 155 cm³/mol. The minimum absolute atomic E-state index is 0.00597. The molecular formula is C32H33FN4O5. The van der Waals surface area contributed by atoms with Gasteiger partial charge in [-0.15, -0.1) is 0 Å². The van der Waals surface area contributed by atoms with E-state index in [1.807, 2.05) is 42.9 Å². The van der Waals surface area contributed by atoms with Crippen LogP contribution in [0.3, 0.4) is 0 Å². The molecule has 0 spiro atoms. The number of fused-ring (bicyclic) bond motifs is 2. The molecular weight excluding hydrogens is 539 g/mol. The lowest BCUT2D eigenvalue weighted by atomic mass is 9.99. The number of hydrogen-bond donors (Lipinski definition) is 2. The smallest absolute Gasteiger partial charge is 0.292 e. The molecule has 218 valence electrons. The van der Waals surface area contributed by atoms with E-state index in [9.17, 15) is 19.1 Å². The highest BCUT2D eigenvalue weighted by Gasteiger charge is 2.31. The van der Waals surface area contributed by atoms with Crippen LogP contribution in [0.25, 0.3) is 22.0 Å². The van der Waals surface area contributed by atoms with Crippen molar-refractivity contribution in [2.75, 3.05) is 32.8 Å². The van der Waals surface area contributed by atoms with Gasteiger partial charge in [0.05, 0.1) is 17.3 Å². The number of ketones is 1. The van der Waals surface area contributed by atoms with Crippen molar-refractivity contribution in [3.05, 3.63) is 77.2 Å². The Kier molecular flexibility index (Phi) is 7.66. The predicted octanol–water partition coefficient (Wildman–Crippen LogP) is 3.96. The summed E-state index contributed by atoms with van der Waals surface area (Å²) >= 11 is 0. The van der Waals surface area contributed by atoms with Crippen LogP contribution in [0, 0.1) is 12.7 Å². The van der Waals surface area contributed by atoms with Gasteiger partial charge in [-0.25, -0.2) is 4.39 Å². The molecule has 42 heavy (non-hydrogen) atoms. The Morgan fingerprint density at radius 2 is 1.74 bits per heavy atom. The molecule has 6 rings (SSSR count). The van der Waals surface area contributed by atoms with Gasteiger partial charge in [-0.1, -0.05) is 30.3 Å². The average molecular weight is 573 g/mol. The zero-order chi connectivity index (χ0) is 29.4. The van der Waals surface area contributed by atoms with Gasteiger partial charge in [0, 0.05) is 24.5 Å². The Labute approximate surface area is 242 Å². The molecule has 2 atom stereocenters. The highest BCUT2D eigenvalue weighted by atomic mass is 19.1. The van der Waals surface area contributed by atoms with Crippen LogP contribution >= 0.6 is 0 Å². The number of likely N-dealkylation sites (tertiary alicyclic amines) is 1. The number of carbonyl (C=O) groups excluding carboxylic acids is 2. The summed E-state index contributed by atoms with van der Waals surface area (Å²) in [4.78, 5) is 28.5. The Balaban J connectivity index is 1.20. The van der Waals surface area contributed by atoms with Gasteiger partial charge in [-0.05, 0) is 73.8 Å². The number of carbonyl (C=O) groups is 2. The van der Waals surface area contributed by atoms with Crippen LogP contribution in [0.5, 0.6) is 11.5 Å². The van der Waals surface area contributed by atoms with E-state index in [4.69, 9.17) is 9.47 Å². The molecule has 2 N–H and O–H groups in total. The summed E-state index contributed by atoms with van der Waals surface area (Å²) in [5, 5.41) is 19.6. The van der Waals surface area contributed by atoms with Gasteiger partial charge in [-0.2, -0.15) is 5.10 Å². The van der Waals surface area contributed by atoms with E-state index in [-0.39, 0.29) is 35.8 Å². The number of benzene rings is 3. The minimum atomic E-state index is -1.28. The number of halogens is 1. The van der Waals surface area contributed by atoms with Gasteiger partial charge in [-0.3, -0.25) is 14.3 Å². The summed E-state index contributed by atoms with van der Waals surface area (Å²) < 4.78 is 27.5. The first-order valence-electron chi connectivity index (χ1n) is 14.2. The largest absolute Gasteiger partial charge is 0.486 e. The Morgan fingerprint density at radius 1 is 1.02 bits per heavy atom. The molecule has 9 nitrogen and oxygen atoms in total. The van der Waals surface area contributed by atoms with Gasteiger partial charge in [0.25, 0.3) is 5.91 Å². The van der Waals surface area contributed by atoms with E-state index in [0.717, 1.165) is 53.7 Å². The number of hydrogen-bond acceptors (Lipinski definition) is 7. The van der Waals surface area contributed by atoms with Gasteiger partial charge in [0.1, 0.15) is 19.3 Å². The van der Waals surface area contributed by atoms with Gasteiger partial charge in [0.2, 0.25) is 5.78 Å². The average Bonchev–Trinajstić information content (AvgIpc) is 3.62. The quantitative estimate of drug-likeness (QED) is 0.243. The molecule has 2 unspecified atom stereocenters. The summed E-state index contributed by atoms with van der Waals surface area (Å²) in [5.41, 5.74) is 4.31. The maximum atomic E-state index is 14.8. The van der Waals surface area contributed by atoms with Crippen molar-refractivity contribution in [1.82, 2.24) is 20.0 Å². The third-order valence-corrected chi connectivity index (χ3v) is 8.03. The molecule has 1 saturated heterocycles. The molecule has 2 aliphatic heterocycles. The van der Waals surface area contributed by atoms with Crippen molar-refractivity contribution in [1.29, 1.82) is 0 Å². The summed E-state index contributed by atoms with van der Waals surface area (Å²) in [6.07, 6.45) is 0.739. The molecule has 2 aliphatic rings. The number of rotatable bonds is 8. The third-order valence-electron chi connectivity index (χ3n) is 8.03. The second-order valence-corrected chi connectivity index (χ2v) is 10.9. The fraction of sp³-hybridized carbons (Fsp3) is 0.344.